The lowest BCUT2D eigenvalue weighted by molar-refractivity contribution is -0.180. The van der Waals surface area contributed by atoms with E-state index in [0.29, 0.717) is 0 Å². The molecular weight excluding hydrogens is 221 g/mol. The van der Waals surface area contributed by atoms with Crippen LogP contribution in [0.4, 0.5) is 13.2 Å². The van der Waals surface area contributed by atoms with E-state index in [9.17, 15) is 18.0 Å². The Morgan fingerprint density at radius 3 is 2.38 bits per heavy atom. The Bertz CT molecular complexity index is 245. The molecule has 1 aliphatic rings. The minimum absolute atomic E-state index is 0.00893. The Balaban J connectivity index is 2.40. The van der Waals surface area contributed by atoms with Gasteiger partial charge in [0.15, 0.2) is 0 Å². The maximum Gasteiger partial charge on any atom is 0.393 e. The normalized spacial score (nSPS) is 26.9. The van der Waals surface area contributed by atoms with Crippen molar-refractivity contribution in [1.29, 1.82) is 0 Å². The van der Waals surface area contributed by atoms with Crippen molar-refractivity contribution in [3.8, 4) is 0 Å². The highest BCUT2D eigenvalue weighted by Gasteiger charge is 2.42. The molecule has 1 fully saturated rings. The van der Waals surface area contributed by atoms with Crippen molar-refractivity contribution in [2.75, 3.05) is 6.54 Å². The van der Waals surface area contributed by atoms with Gasteiger partial charge in [-0.1, -0.05) is 0 Å². The number of hydrogen-bond donors (Lipinski definition) is 2. The fourth-order valence-corrected chi connectivity index (χ4v) is 1.74. The number of carbonyl (C=O) groups is 1. The third-order valence-electron chi connectivity index (χ3n) is 2.62. The zero-order valence-corrected chi connectivity index (χ0v) is 9.40. The summed E-state index contributed by atoms with van der Waals surface area (Å²) in [4.78, 5) is 11.5. The Labute approximate surface area is 92.8 Å². The first-order chi connectivity index (χ1) is 7.30. The van der Waals surface area contributed by atoms with Crippen LogP contribution < -0.4 is 10.6 Å². The second-order valence-electron chi connectivity index (χ2n) is 4.44. The van der Waals surface area contributed by atoms with Gasteiger partial charge in [0.25, 0.3) is 0 Å². The molecule has 1 rings (SSSR count). The molecule has 94 valence electrons. The maximum atomic E-state index is 12.3. The number of piperidine rings is 1. The lowest BCUT2D eigenvalue weighted by Crippen LogP contribution is -2.52. The topological polar surface area (TPSA) is 41.1 Å². The zero-order valence-electron chi connectivity index (χ0n) is 9.40. The van der Waals surface area contributed by atoms with E-state index < -0.39 is 18.1 Å². The molecule has 1 saturated heterocycles. The van der Waals surface area contributed by atoms with Crippen molar-refractivity contribution in [1.82, 2.24) is 10.6 Å². The van der Waals surface area contributed by atoms with Crippen LogP contribution in [0.15, 0.2) is 0 Å². The first-order valence-electron chi connectivity index (χ1n) is 5.41. The van der Waals surface area contributed by atoms with Crippen LogP contribution in [0.1, 0.15) is 26.7 Å². The second kappa shape index (κ2) is 5.03. The number of hydrogen-bond acceptors (Lipinski definition) is 2. The van der Waals surface area contributed by atoms with Crippen molar-refractivity contribution in [3.05, 3.63) is 0 Å². The lowest BCUT2D eigenvalue weighted by atomic mass is 9.94. The summed E-state index contributed by atoms with van der Waals surface area (Å²) < 4.78 is 37.0. The summed E-state index contributed by atoms with van der Waals surface area (Å²) in [7, 11) is 0. The first kappa shape index (κ1) is 13.3. The average Bonchev–Trinajstić information content (AvgIpc) is 2.15. The summed E-state index contributed by atoms with van der Waals surface area (Å²) >= 11 is 0. The SMILES string of the molecule is CC(C)NC(=O)C1CCC(C(F)(F)F)CN1. The molecule has 0 radical (unpaired) electrons. The van der Waals surface area contributed by atoms with Crippen molar-refractivity contribution in [2.24, 2.45) is 5.92 Å². The first-order valence-corrected chi connectivity index (χ1v) is 5.41. The standard InChI is InChI=1S/C10H17F3N2O/c1-6(2)15-9(16)8-4-3-7(5-14-8)10(11,12)13/h6-8,14H,3-5H2,1-2H3,(H,15,16). The summed E-state index contributed by atoms with van der Waals surface area (Å²) in [6, 6.07) is -0.476. The van der Waals surface area contributed by atoms with Gasteiger partial charge in [-0.25, -0.2) is 0 Å². The van der Waals surface area contributed by atoms with E-state index in [1.807, 2.05) is 13.8 Å². The van der Waals surface area contributed by atoms with E-state index in [1.165, 1.54) is 0 Å². The Morgan fingerprint density at radius 1 is 1.38 bits per heavy atom. The van der Waals surface area contributed by atoms with E-state index in [2.05, 4.69) is 10.6 Å². The number of carbonyl (C=O) groups excluding carboxylic acids is 1. The van der Waals surface area contributed by atoms with Gasteiger partial charge >= 0.3 is 6.18 Å². The molecule has 0 aromatic heterocycles. The van der Waals surface area contributed by atoms with Gasteiger partial charge in [-0.15, -0.1) is 0 Å². The third-order valence-corrected chi connectivity index (χ3v) is 2.62. The highest BCUT2D eigenvalue weighted by molar-refractivity contribution is 5.82. The number of alkyl halides is 3. The molecule has 0 aromatic rings. The largest absolute Gasteiger partial charge is 0.393 e. The molecule has 1 amide bonds. The van der Waals surface area contributed by atoms with Crippen LogP contribution in [0, 0.1) is 5.92 Å². The minimum atomic E-state index is -4.16. The van der Waals surface area contributed by atoms with Crippen molar-refractivity contribution < 1.29 is 18.0 Å². The van der Waals surface area contributed by atoms with Crippen LogP contribution in [0.25, 0.3) is 0 Å². The van der Waals surface area contributed by atoms with Gasteiger partial charge in [0, 0.05) is 12.6 Å². The maximum absolute atomic E-state index is 12.3. The fraction of sp³-hybridized carbons (Fsp3) is 0.900. The van der Waals surface area contributed by atoms with Gasteiger partial charge in [0.2, 0.25) is 5.91 Å². The lowest BCUT2D eigenvalue weighted by Gasteiger charge is -2.30. The predicted molar refractivity (Wildman–Crippen MR) is 53.8 cm³/mol. The van der Waals surface area contributed by atoms with Gasteiger partial charge in [-0.3, -0.25) is 4.79 Å². The van der Waals surface area contributed by atoms with Gasteiger partial charge in [-0.2, -0.15) is 13.2 Å². The molecule has 0 aliphatic carbocycles. The number of amides is 1. The molecule has 0 aromatic carbocycles. The Hall–Kier alpha value is -0.780. The third kappa shape index (κ3) is 3.66. The molecule has 16 heavy (non-hydrogen) atoms. The average molecular weight is 238 g/mol. The number of halogens is 3. The molecule has 1 heterocycles. The van der Waals surface area contributed by atoms with E-state index in [0.717, 1.165) is 0 Å². The molecule has 3 nitrogen and oxygen atoms in total. The van der Waals surface area contributed by atoms with Gasteiger partial charge in [0.1, 0.15) is 0 Å². The molecule has 2 atom stereocenters. The molecule has 1 aliphatic heterocycles. The molecule has 0 spiro atoms. The van der Waals surface area contributed by atoms with Crippen LogP contribution in [0.2, 0.25) is 0 Å². The quantitative estimate of drug-likeness (QED) is 0.764. The van der Waals surface area contributed by atoms with Gasteiger partial charge in [-0.05, 0) is 26.7 Å². The molecular formula is C10H17F3N2O. The Morgan fingerprint density at radius 2 is 2.00 bits per heavy atom. The Kier molecular flexibility index (Phi) is 4.18. The summed E-state index contributed by atoms with van der Waals surface area (Å²) in [5.41, 5.74) is 0. The monoisotopic (exact) mass is 238 g/mol. The second-order valence-corrected chi connectivity index (χ2v) is 4.44. The van der Waals surface area contributed by atoms with Crippen molar-refractivity contribution in [2.45, 2.75) is 44.9 Å². The van der Waals surface area contributed by atoms with Gasteiger partial charge in [0.05, 0.1) is 12.0 Å². The summed E-state index contributed by atoms with van der Waals surface area (Å²) in [6.45, 7) is 3.47. The molecule has 2 unspecified atom stereocenters. The number of rotatable bonds is 2. The van der Waals surface area contributed by atoms with E-state index in [-0.39, 0.29) is 31.3 Å². The summed E-state index contributed by atoms with van der Waals surface area (Å²) in [5, 5.41) is 5.33. The smallest absolute Gasteiger partial charge is 0.353 e. The van der Waals surface area contributed by atoms with E-state index in [1.54, 1.807) is 0 Å². The van der Waals surface area contributed by atoms with Crippen LogP contribution in [0.5, 0.6) is 0 Å². The molecule has 6 heteroatoms. The predicted octanol–water partition coefficient (Wildman–Crippen LogP) is 1.44. The van der Waals surface area contributed by atoms with E-state index in [4.69, 9.17) is 0 Å². The van der Waals surface area contributed by atoms with Crippen LogP contribution >= 0.6 is 0 Å². The summed E-state index contributed by atoms with van der Waals surface area (Å²) in [5.74, 6) is -1.54. The van der Waals surface area contributed by atoms with Crippen LogP contribution in [-0.2, 0) is 4.79 Å². The van der Waals surface area contributed by atoms with Gasteiger partial charge < -0.3 is 10.6 Å². The van der Waals surface area contributed by atoms with E-state index >= 15 is 0 Å². The molecule has 2 N–H and O–H groups in total. The molecule has 0 saturated carbocycles. The van der Waals surface area contributed by atoms with Crippen LogP contribution in [0.3, 0.4) is 0 Å². The zero-order chi connectivity index (χ0) is 12.3. The van der Waals surface area contributed by atoms with Crippen molar-refractivity contribution >= 4 is 5.91 Å². The number of nitrogens with one attached hydrogen (secondary N) is 2. The highest BCUT2D eigenvalue weighted by atomic mass is 19.4. The summed E-state index contributed by atoms with van der Waals surface area (Å²) in [6.07, 6.45) is -3.90. The van der Waals surface area contributed by atoms with Crippen molar-refractivity contribution in [3.63, 3.8) is 0 Å². The van der Waals surface area contributed by atoms with Crippen LogP contribution in [-0.4, -0.2) is 30.7 Å². The molecule has 0 bridgehead atoms. The highest BCUT2D eigenvalue weighted by Crippen LogP contribution is 2.31. The fourth-order valence-electron chi connectivity index (χ4n) is 1.74. The minimum Gasteiger partial charge on any atom is -0.353 e.